The first-order valence-corrected chi connectivity index (χ1v) is 9.42. The number of hydrogen-bond acceptors (Lipinski definition) is 5. The Morgan fingerprint density at radius 1 is 1.03 bits per heavy atom. The van der Waals surface area contributed by atoms with Crippen molar-refractivity contribution in [3.05, 3.63) is 70.2 Å². The van der Waals surface area contributed by atoms with Crippen molar-refractivity contribution in [2.45, 2.75) is 26.0 Å². The maximum atomic E-state index is 12.3. The highest BCUT2D eigenvalue weighted by atomic mass is 35.5. The number of benzene rings is 2. The maximum absolute atomic E-state index is 12.3. The van der Waals surface area contributed by atoms with E-state index < -0.39 is 29.8 Å². The van der Waals surface area contributed by atoms with E-state index in [-0.39, 0.29) is 19.5 Å². The summed E-state index contributed by atoms with van der Waals surface area (Å²) in [4.78, 5) is 49.7. The van der Waals surface area contributed by atoms with Crippen LogP contribution in [0.5, 0.6) is 0 Å². The Morgan fingerprint density at radius 2 is 1.62 bits per heavy atom. The fourth-order valence-corrected chi connectivity index (χ4v) is 3.13. The quantitative estimate of drug-likeness (QED) is 0.555. The van der Waals surface area contributed by atoms with Gasteiger partial charge in [-0.25, -0.2) is 0 Å². The van der Waals surface area contributed by atoms with Crippen molar-refractivity contribution in [1.29, 1.82) is 0 Å². The predicted molar refractivity (Wildman–Crippen MR) is 105 cm³/mol. The molecule has 0 radical (unpaired) electrons. The van der Waals surface area contributed by atoms with E-state index in [4.69, 9.17) is 16.3 Å². The molecule has 1 aliphatic heterocycles. The lowest BCUT2D eigenvalue weighted by Crippen LogP contribution is -2.37. The fraction of sp³-hybridized carbons (Fsp3) is 0.238. The van der Waals surface area contributed by atoms with Crippen LogP contribution in [-0.4, -0.2) is 41.2 Å². The predicted octanol–water partition coefficient (Wildman–Crippen LogP) is 2.57. The number of hydrogen-bond donors (Lipinski definition) is 1. The lowest BCUT2D eigenvalue weighted by atomic mass is 10.1. The van der Waals surface area contributed by atoms with E-state index in [1.807, 2.05) is 0 Å². The van der Waals surface area contributed by atoms with E-state index in [9.17, 15) is 19.2 Å². The molecule has 8 heteroatoms. The number of ether oxygens (including phenoxy) is 1. The Balaban J connectivity index is 1.47. The summed E-state index contributed by atoms with van der Waals surface area (Å²) < 4.78 is 5.10. The Labute approximate surface area is 172 Å². The van der Waals surface area contributed by atoms with Gasteiger partial charge in [0.1, 0.15) is 0 Å². The summed E-state index contributed by atoms with van der Waals surface area (Å²) in [5.41, 5.74) is 1.38. The van der Waals surface area contributed by atoms with Gasteiger partial charge in [-0.05, 0) is 30.7 Å². The van der Waals surface area contributed by atoms with Gasteiger partial charge >= 0.3 is 5.97 Å². The smallest absolute Gasteiger partial charge is 0.308 e. The second-order valence-corrected chi connectivity index (χ2v) is 6.91. The highest BCUT2D eigenvalue weighted by Gasteiger charge is 2.35. The molecule has 3 rings (SSSR count). The van der Waals surface area contributed by atoms with Crippen molar-refractivity contribution in [2.75, 3.05) is 6.54 Å². The molecule has 0 fully saturated rings. The molecule has 1 aliphatic rings. The van der Waals surface area contributed by atoms with Crippen LogP contribution in [0.2, 0.25) is 5.02 Å². The molecule has 0 unspecified atom stereocenters. The van der Waals surface area contributed by atoms with Crippen LogP contribution in [0, 0.1) is 0 Å². The summed E-state index contributed by atoms with van der Waals surface area (Å²) in [5, 5.41) is 3.18. The van der Waals surface area contributed by atoms with Gasteiger partial charge < -0.3 is 10.1 Å². The third kappa shape index (κ3) is 4.63. The minimum Gasteiger partial charge on any atom is -0.452 e. The van der Waals surface area contributed by atoms with Gasteiger partial charge in [-0.3, -0.25) is 24.1 Å². The average Bonchev–Trinajstić information content (AvgIpc) is 2.96. The Morgan fingerprint density at radius 3 is 2.24 bits per heavy atom. The molecule has 2 aromatic carbocycles. The first-order valence-electron chi connectivity index (χ1n) is 9.04. The van der Waals surface area contributed by atoms with Gasteiger partial charge in [-0.1, -0.05) is 41.9 Å². The first kappa shape index (κ1) is 20.5. The van der Waals surface area contributed by atoms with E-state index in [1.165, 1.54) is 6.92 Å². The number of carbonyl (C=O) groups excluding carboxylic acids is 4. The molecule has 1 heterocycles. The molecule has 2 aromatic rings. The summed E-state index contributed by atoms with van der Waals surface area (Å²) in [6.45, 7) is 1.54. The van der Waals surface area contributed by atoms with Crippen molar-refractivity contribution in [1.82, 2.24) is 10.2 Å². The number of nitrogens with one attached hydrogen (secondary N) is 1. The third-order valence-electron chi connectivity index (χ3n) is 4.51. The van der Waals surface area contributed by atoms with Crippen LogP contribution in [0.3, 0.4) is 0 Å². The van der Waals surface area contributed by atoms with E-state index in [1.54, 1.807) is 48.5 Å². The van der Waals surface area contributed by atoms with Crippen LogP contribution in [-0.2, 0) is 20.9 Å². The van der Waals surface area contributed by atoms with E-state index in [0.29, 0.717) is 16.1 Å². The van der Waals surface area contributed by atoms with Crippen LogP contribution >= 0.6 is 11.6 Å². The summed E-state index contributed by atoms with van der Waals surface area (Å²) in [6, 6.07) is 13.6. The Hall–Kier alpha value is -3.19. The lowest BCUT2D eigenvalue weighted by molar-refractivity contribution is -0.154. The zero-order valence-corrected chi connectivity index (χ0v) is 16.4. The molecule has 0 aliphatic carbocycles. The molecule has 0 saturated carbocycles. The third-order valence-corrected chi connectivity index (χ3v) is 4.87. The summed E-state index contributed by atoms with van der Waals surface area (Å²) >= 11 is 6.04. The summed E-state index contributed by atoms with van der Waals surface area (Å²) in [6.07, 6.45) is -1.22. The molecular formula is C21H19ClN2O5. The van der Waals surface area contributed by atoms with Crippen LogP contribution in [0.1, 0.15) is 39.6 Å². The number of fused-ring (bicyclic) bond motifs is 1. The largest absolute Gasteiger partial charge is 0.452 e. The summed E-state index contributed by atoms with van der Waals surface area (Å²) in [5.74, 6) is -2.03. The average molecular weight is 415 g/mol. The Kier molecular flexibility index (Phi) is 6.29. The number of amides is 3. The molecule has 7 nitrogen and oxygen atoms in total. The van der Waals surface area contributed by atoms with Gasteiger partial charge in [0.25, 0.3) is 17.7 Å². The summed E-state index contributed by atoms with van der Waals surface area (Å²) in [7, 11) is 0. The van der Waals surface area contributed by atoms with Crippen LogP contribution in [0.15, 0.2) is 48.5 Å². The molecule has 0 aromatic heterocycles. The number of imide groups is 1. The van der Waals surface area contributed by atoms with Crippen molar-refractivity contribution in [3.8, 4) is 0 Å². The molecule has 1 atom stereocenters. The van der Waals surface area contributed by atoms with E-state index >= 15 is 0 Å². The van der Waals surface area contributed by atoms with Crippen molar-refractivity contribution in [2.24, 2.45) is 0 Å². The van der Waals surface area contributed by atoms with Crippen LogP contribution in [0.25, 0.3) is 0 Å². The first-order chi connectivity index (χ1) is 13.9. The van der Waals surface area contributed by atoms with Gasteiger partial charge in [-0.15, -0.1) is 0 Å². The molecule has 29 heavy (non-hydrogen) atoms. The zero-order chi connectivity index (χ0) is 21.0. The molecule has 0 spiro atoms. The zero-order valence-electron chi connectivity index (χ0n) is 15.7. The standard InChI is InChI=1S/C21H19ClN2O5/c1-13(19(26)23-12-14-6-2-5-9-17(14)22)29-18(25)10-11-24-20(27)15-7-3-4-8-16(15)21(24)28/h2-9,13H,10-12H2,1H3,(H,23,26)/t13-/m0/s1. The van der Waals surface area contributed by atoms with Crippen molar-refractivity contribution in [3.63, 3.8) is 0 Å². The van der Waals surface area contributed by atoms with Gasteiger partial charge in [0.2, 0.25) is 0 Å². The van der Waals surface area contributed by atoms with Crippen molar-refractivity contribution < 1.29 is 23.9 Å². The topological polar surface area (TPSA) is 92.8 Å². The normalized spacial score (nSPS) is 13.8. The highest BCUT2D eigenvalue weighted by Crippen LogP contribution is 2.22. The SMILES string of the molecule is C[C@H](OC(=O)CCN1C(=O)c2ccccc2C1=O)C(=O)NCc1ccccc1Cl. The number of esters is 1. The Bertz CT molecular complexity index is 940. The molecule has 3 amide bonds. The molecule has 1 N–H and O–H groups in total. The van der Waals surface area contributed by atoms with Crippen molar-refractivity contribution >= 4 is 35.3 Å². The van der Waals surface area contributed by atoms with Gasteiger partial charge in [-0.2, -0.15) is 0 Å². The van der Waals surface area contributed by atoms with E-state index in [2.05, 4.69) is 5.32 Å². The van der Waals surface area contributed by atoms with Gasteiger partial charge in [0.05, 0.1) is 17.5 Å². The van der Waals surface area contributed by atoms with Crippen LogP contribution in [0.4, 0.5) is 0 Å². The lowest BCUT2D eigenvalue weighted by Gasteiger charge is -2.16. The fourth-order valence-electron chi connectivity index (χ4n) is 2.92. The number of halogens is 1. The monoisotopic (exact) mass is 414 g/mol. The minimum absolute atomic E-state index is 0.112. The minimum atomic E-state index is -1.02. The second-order valence-electron chi connectivity index (χ2n) is 6.50. The second kappa shape index (κ2) is 8.87. The van der Waals surface area contributed by atoms with Gasteiger partial charge in [0, 0.05) is 18.1 Å². The number of nitrogens with zero attached hydrogens (tertiary/aromatic N) is 1. The number of rotatable bonds is 7. The van der Waals surface area contributed by atoms with E-state index in [0.717, 1.165) is 10.5 Å². The van der Waals surface area contributed by atoms with Gasteiger partial charge in [0.15, 0.2) is 6.10 Å². The molecule has 0 saturated heterocycles. The highest BCUT2D eigenvalue weighted by molar-refractivity contribution is 6.31. The molecule has 150 valence electrons. The molecular weight excluding hydrogens is 396 g/mol. The number of carbonyl (C=O) groups is 4. The molecule has 0 bridgehead atoms. The van der Waals surface area contributed by atoms with Crippen LogP contribution < -0.4 is 5.32 Å². The maximum Gasteiger partial charge on any atom is 0.308 e.